The molecular formula is C37H54N6O6. The molecule has 12 heteroatoms. The van der Waals surface area contributed by atoms with Crippen molar-refractivity contribution in [1.29, 1.82) is 0 Å². The van der Waals surface area contributed by atoms with Crippen LogP contribution in [-0.2, 0) is 25.4 Å². The second kappa shape index (κ2) is 14.1. The highest BCUT2D eigenvalue weighted by Gasteiger charge is 2.55. The largest absolute Gasteiger partial charge is 0.444 e. The smallest absolute Gasteiger partial charge is 0.410 e. The molecule has 12 nitrogen and oxygen atoms in total. The zero-order chi connectivity index (χ0) is 35.7. The highest BCUT2D eigenvalue weighted by molar-refractivity contribution is 5.89. The number of rotatable bonds is 10. The van der Waals surface area contributed by atoms with Gasteiger partial charge >= 0.3 is 12.2 Å². The van der Waals surface area contributed by atoms with Crippen molar-refractivity contribution >= 4 is 29.0 Å². The van der Waals surface area contributed by atoms with Gasteiger partial charge in [0.2, 0.25) is 0 Å². The number of carbonyl (C=O) groups is 2. The summed E-state index contributed by atoms with van der Waals surface area (Å²) in [5.74, 6) is -0.403. The van der Waals surface area contributed by atoms with Crippen molar-refractivity contribution in [1.82, 2.24) is 24.3 Å². The van der Waals surface area contributed by atoms with E-state index in [1.54, 1.807) is 9.80 Å². The molecule has 1 aliphatic carbocycles. The van der Waals surface area contributed by atoms with Gasteiger partial charge in [-0.15, -0.1) is 0 Å². The van der Waals surface area contributed by atoms with E-state index in [9.17, 15) is 9.59 Å². The van der Waals surface area contributed by atoms with E-state index in [1.165, 1.54) is 6.33 Å². The van der Waals surface area contributed by atoms with E-state index in [2.05, 4.69) is 32.9 Å². The Bertz CT molecular complexity index is 1610. The molecule has 0 spiro atoms. The summed E-state index contributed by atoms with van der Waals surface area (Å²) in [5, 5.41) is 0.831. The molecule has 2 N–H and O–H groups in total. The average molecular weight is 679 g/mol. The lowest BCUT2D eigenvalue weighted by atomic mass is 10.0. The third-order valence-corrected chi connectivity index (χ3v) is 8.86. The molecule has 3 heterocycles. The minimum absolute atomic E-state index is 0.0544. The first-order valence-corrected chi connectivity index (χ1v) is 17.3. The Morgan fingerprint density at radius 3 is 2.20 bits per heavy atom. The molecule has 5 rings (SSSR count). The van der Waals surface area contributed by atoms with E-state index in [1.807, 2.05) is 80.5 Å². The quantitative estimate of drug-likeness (QED) is 0.255. The van der Waals surface area contributed by atoms with Gasteiger partial charge in [0.05, 0.1) is 17.5 Å². The van der Waals surface area contributed by atoms with Crippen LogP contribution in [0.15, 0.2) is 42.9 Å². The van der Waals surface area contributed by atoms with Crippen LogP contribution in [0.1, 0.15) is 85.4 Å². The van der Waals surface area contributed by atoms with E-state index >= 15 is 0 Å². The Hall–Kier alpha value is -3.90. The van der Waals surface area contributed by atoms with Gasteiger partial charge in [-0.1, -0.05) is 30.3 Å². The number of nitrogen functional groups attached to an aromatic ring is 1. The van der Waals surface area contributed by atoms with Gasteiger partial charge in [-0.05, 0) is 92.7 Å². The SMILES string of the molecule is Cc1cn([C@@H]2C[C@H](CN(CCCN(CCc3ccccc3)C(=O)OC(C)(C)C)C(=O)OC(C)(C)C)[C@H]3OC(C)(C)O[C@H]32)c2ncnc(N)c12. The molecule has 0 bridgehead atoms. The molecule has 49 heavy (non-hydrogen) atoms. The Morgan fingerprint density at radius 2 is 1.55 bits per heavy atom. The Kier molecular flexibility index (Phi) is 10.5. The minimum Gasteiger partial charge on any atom is -0.444 e. The number of hydrogen-bond acceptors (Lipinski definition) is 9. The van der Waals surface area contributed by atoms with Gasteiger partial charge in [-0.2, -0.15) is 0 Å². The summed E-state index contributed by atoms with van der Waals surface area (Å²) < 4.78 is 26.8. The van der Waals surface area contributed by atoms with Crippen LogP contribution < -0.4 is 5.73 Å². The van der Waals surface area contributed by atoms with Gasteiger partial charge in [-0.25, -0.2) is 19.6 Å². The standard InChI is InChI=1S/C37H54N6O6/c1-24-21-43(32-28(24)31(38)39-23-40-32)27-20-26(29-30(27)47-37(8,9)46-29)22-42(34(45)49-36(5,6)7)18-13-17-41(33(44)48-35(2,3)4)19-16-25-14-11-10-12-15-25/h10-12,14-15,21,23,26-27,29-30H,13,16-20,22H2,1-9H3,(H2,38,39,40)/t26-,27-,29-,30+/m1/s1. The first kappa shape index (κ1) is 36.4. The fourth-order valence-corrected chi connectivity index (χ4v) is 6.91. The van der Waals surface area contributed by atoms with Crippen molar-refractivity contribution in [3.63, 3.8) is 0 Å². The molecule has 1 saturated carbocycles. The fraction of sp³-hybridized carbons (Fsp3) is 0.622. The maximum Gasteiger partial charge on any atom is 0.410 e. The summed E-state index contributed by atoms with van der Waals surface area (Å²) in [6.45, 7) is 18.7. The van der Waals surface area contributed by atoms with E-state index in [4.69, 9.17) is 24.7 Å². The van der Waals surface area contributed by atoms with E-state index in [0.717, 1.165) is 22.2 Å². The van der Waals surface area contributed by atoms with Crippen molar-refractivity contribution in [3.05, 3.63) is 54.0 Å². The van der Waals surface area contributed by atoms with Gasteiger partial charge in [0.1, 0.15) is 35.1 Å². The molecule has 268 valence electrons. The van der Waals surface area contributed by atoms with Crippen LogP contribution in [0.4, 0.5) is 15.4 Å². The van der Waals surface area contributed by atoms with Crippen molar-refractivity contribution < 1.29 is 28.5 Å². The summed E-state index contributed by atoms with van der Waals surface area (Å²) >= 11 is 0. The summed E-state index contributed by atoms with van der Waals surface area (Å²) in [4.78, 5) is 39.3. The molecule has 0 radical (unpaired) electrons. The number of anilines is 1. The lowest BCUT2D eigenvalue weighted by Gasteiger charge is -2.32. The number of carbonyl (C=O) groups excluding carboxylic acids is 2. The van der Waals surface area contributed by atoms with E-state index < -0.39 is 23.1 Å². The van der Waals surface area contributed by atoms with Crippen LogP contribution in [0.3, 0.4) is 0 Å². The number of nitrogens with two attached hydrogens (primary N) is 1. The highest BCUT2D eigenvalue weighted by Crippen LogP contribution is 2.48. The van der Waals surface area contributed by atoms with Crippen LogP contribution in [-0.4, -0.2) is 91.9 Å². The fourth-order valence-electron chi connectivity index (χ4n) is 6.91. The monoisotopic (exact) mass is 678 g/mol. The zero-order valence-corrected chi connectivity index (χ0v) is 30.6. The average Bonchev–Trinajstić information content (AvgIpc) is 3.61. The first-order chi connectivity index (χ1) is 22.9. The lowest BCUT2D eigenvalue weighted by molar-refractivity contribution is -0.160. The van der Waals surface area contributed by atoms with Crippen molar-refractivity contribution in [3.8, 4) is 0 Å². The molecule has 0 unspecified atom stereocenters. The highest BCUT2D eigenvalue weighted by atomic mass is 16.8. The van der Waals surface area contributed by atoms with Gasteiger partial charge in [0, 0.05) is 38.3 Å². The number of nitrogens with zero attached hydrogens (tertiary/aromatic N) is 5. The second-order valence-corrected chi connectivity index (χ2v) is 15.8. The predicted molar refractivity (Wildman–Crippen MR) is 188 cm³/mol. The van der Waals surface area contributed by atoms with Crippen LogP contribution in [0, 0.1) is 12.8 Å². The Labute approximate surface area is 290 Å². The second-order valence-electron chi connectivity index (χ2n) is 15.8. The maximum absolute atomic E-state index is 13.7. The van der Waals surface area contributed by atoms with E-state index in [0.29, 0.717) is 51.3 Å². The van der Waals surface area contributed by atoms with Crippen LogP contribution in [0.25, 0.3) is 11.0 Å². The number of aromatic nitrogens is 3. The number of amides is 2. The summed E-state index contributed by atoms with van der Waals surface area (Å²) in [6, 6.07) is 9.97. The summed E-state index contributed by atoms with van der Waals surface area (Å²) in [6.07, 6.45) is 4.18. The maximum atomic E-state index is 13.7. The minimum atomic E-state index is -0.790. The molecule has 2 aromatic heterocycles. The van der Waals surface area contributed by atoms with Gasteiger partial charge in [0.25, 0.3) is 0 Å². The molecule has 1 aromatic carbocycles. The molecule has 2 amide bonds. The molecule has 4 atom stereocenters. The van der Waals surface area contributed by atoms with Crippen LogP contribution in [0.5, 0.6) is 0 Å². The molecule has 1 aliphatic heterocycles. The molecular weight excluding hydrogens is 624 g/mol. The van der Waals surface area contributed by atoms with Gasteiger partial charge in [0.15, 0.2) is 5.79 Å². The number of aryl methyl sites for hydroxylation is 1. The topological polar surface area (TPSA) is 134 Å². The molecule has 1 saturated heterocycles. The lowest BCUT2D eigenvalue weighted by Crippen LogP contribution is -2.44. The molecule has 3 aromatic rings. The predicted octanol–water partition coefficient (Wildman–Crippen LogP) is 6.51. The Morgan fingerprint density at radius 1 is 0.939 bits per heavy atom. The van der Waals surface area contributed by atoms with Gasteiger partial charge < -0.3 is 39.0 Å². The number of ether oxygens (including phenoxy) is 4. The number of benzene rings is 1. The zero-order valence-electron chi connectivity index (χ0n) is 30.6. The van der Waals surface area contributed by atoms with Crippen LogP contribution >= 0.6 is 0 Å². The van der Waals surface area contributed by atoms with Crippen molar-refractivity contribution in [2.75, 3.05) is 31.9 Å². The molecule has 2 fully saturated rings. The van der Waals surface area contributed by atoms with E-state index in [-0.39, 0.29) is 30.3 Å². The number of hydrogen-bond donors (Lipinski definition) is 1. The van der Waals surface area contributed by atoms with Crippen molar-refractivity contribution in [2.24, 2.45) is 5.92 Å². The third-order valence-electron chi connectivity index (χ3n) is 8.86. The number of fused-ring (bicyclic) bond motifs is 2. The van der Waals surface area contributed by atoms with Gasteiger partial charge in [-0.3, -0.25) is 0 Å². The third kappa shape index (κ3) is 9.02. The van der Waals surface area contributed by atoms with Crippen LogP contribution in [0.2, 0.25) is 0 Å². The first-order valence-electron chi connectivity index (χ1n) is 17.3. The molecule has 2 aliphatic rings. The summed E-state index contributed by atoms with van der Waals surface area (Å²) in [7, 11) is 0. The normalized spacial score (nSPS) is 21.8. The Balaban J connectivity index is 1.35. The summed E-state index contributed by atoms with van der Waals surface area (Å²) in [5.41, 5.74) is 7.83. The van der Waals surface area contributed by atoms with Crippen molar-refractivity contribution in [2.45, 2.75) is 117 Å².